The largest absolute Gasteiger partial charge is 0.351 e. The molecule has 23 heavy (non-hydrogen) atoms. The topological polar surface area (TPSA) is 50.2 Å². The Labute approximate surface area is 146 Å². The average Bonchev–Trinajstić information content (AvgIpc) is 2.76. The highest BCUT2D eigenvalue weighted by Gasteiger charge is 2.19. The molecule has 0 saturated carbocycles. The van der Waals surface area contributed by atoms with E-state index in [4.69, 9.17) is 23.2 Å². The number of carbonyl (C=O) groups is 1. The molecule has 0 bridgehead atoms. The van der Waals surface area contributed by atoms with Gasteiger partial charge in [0, 0.05) is 13.1 Å². The van der Waals surface area contributed by atoms with Gasteiger partial charge in [0.15, 0.2) is 0 Å². The second-order valence-corrected chi connectivity index (χ2v) is 6.43. The van der Waals surface area contributed by atoms with Crippen molar-refractivity contribution in [3.63, 3.8) is 0 Å². The van der Waals surface area contributed by atoms with Crippen LogP contribution in [0.1, 0.15) is 21.7 Å². The minimum absolute atomic E-state index is 0.117. The number of rotatable bonds is 5. The molecule has 1 aromatic heterocycles. The third-order valence-electron chi connectivity index (χ3n) is 3.51. The fraction of sp³-hybridized carbons (Fsp3) is 0.375. The van der Waals surface area contributed by atoms with Gasteiger partial charge in [0.2, 0.25) is 0 Å². The quantitative estimate of drug-likeness (QED) is 0.897. The van der Waals surface area contributed by atoms with Crippen molar-refractivity contribution in [3.8, 4) is 5.69 Å². The smallest absolute Gasteiger partial charge is 0.255 e. The van der Waals surface area contributed by atoms with Crippen LogP contribution in [0.15, 0.2) is 18.2 Å². The van der Waals surface area contributed by atoms with E-state index in [1.54, 1.807) is 16.8 Å². The molecule has 2 rings (SSSR count). The predicted molar refractivity (Wildman–Crippen MR) is 93.9 cm³/mol. The molecule has 0 aliphatic carbocycles. The third kappa shape index (κ3) is 4.05. The summed E-state index contributed by atoms with van der Waals surface area (Å²) < 4.78 is 1.71. The highest BCUT2D eigenvalue weighted by Crippen LogP contribution is 2.26. The fourth-order valence-electron chi connectivity index (χ4n) is 2.32. The van der Waals surface area contributed by atoms with E-state index in [2.05, 4.69) is 10.4 Å². The molecule has 0 atom stereocenters. The maximum Gasteiger partial charge on any atom is 0.255 e. The van der Waals surface area contributed by atoms with E-state index in [1.165, 1.54) is 0 Å². The molecule has 1 N–H and O–H groups in total. The minimum atomic E-state index is -0.117. The number of aromatic nitrogens is 2. The number of likely N-dealkylation sites (N-methyl/N-ethyl adjacent to an activating group) is 1. The number of amides is 1. The first-order valence-electron chi connectivity index (χ1n) is 7.26. The highest BCUT2D eigenvalue weighted by molar-refractivity contribution is 6.42. The van der Waals surface area contributed by atoms with Gasteiger partial charge in [0.1, 0.15) is 0 Å². The molecule has 1 aromatic carbocycles. The summed E-state index contributed by atoms with van der Waals surface area (Å²) in [5, 5.41) is 8.31. The van der Waals surface area contributed by atoms with E-state index in [1.807, 2.05) is 38.9 Å². The molecule has 0 fully saturated rings. The molecule has 0 aliphatic heterocycles. The molecule has 0 spiro atoms. The predicted octanol–water partition coefficient (Wildman–Crippen LogP) is 3.09. The van der Waals surface area contributed by atoms with Crippen LogP contribution in [-0.2, 0) is 0 Å². The Kier molecular flexibility index (Phi) is 5.68. The van der Waals surface area contributed by atoms with Crippen LogP contribution in [0.5, 0.6) is 0 Å². The normalized spacial score (nSPS) is 11.1. The SMILES string of the molecule is Cc1nn(-c2ccc(Cl)c(Cl)c2)c(C)c1C(=O)NCCN(C)C. The first-order chi connectivity index (χ1) is 10.8. The lowest BCUT2D eigenvalue weighted by molar-refractivity contribution is 0.0950. The zero-order chi connectivity index (χ0) is 17.1. The van der Waals surface area contributed by atoms with Crippen molar-refractivity contribution >= 4 is 29.1 Å². The number of hydrogen-bond acceptors (Lipinski definition) is 3. The van der Waals surface area contributed by atoms with Crippen molar-refractivity contribution in [3.05, 3.63) is 45.2 Å². The van der Waals surface area contributed by atoms with Crippen molar-refractivity contribution in [2.75, 3.05) is 27.2 Å². The first kappa shape index (κ1) is 17.8. The van der Waals surface area contributed by atoms with Gasteiger partial charge in [-0.05, 0) is 46.1 Å². The molecule has 1 amide bonds. The van der Waals surface area contributed by atoms with Gasteiger partial charge >= 0.3 is 0 Å². The molecular formula is C16H20Cl2N4O. The van der Waals surface area contributed by atoms with Crippen molar-refractivity contribution in [2.45, 2.75) is 13.8 Å². The van der Waals surface area contributed by atoms with Crippen LogP contribution >= 0.6 is 23.2 Å². The van der Waals surface area contributed by atoms with Crippen LogP contribution < -0.4 is 5.32 Å². The number of nitrogens with zero attached hydrogens (tertiary/aromatic N) is 3. The molecule has 0 radical (unpaired) electrons. The second kappa shape index (κ2) is 7.34. The summed E-state index contributed by atoms with van der Waals surface area (Å²) in [6.45, 7) is 5.05. The van der Waals surface area contributed by atoms with E-state index < -0.39 is 0 Å². The summed E-state index contributed by atoms with van der Waals surface area (Å²) in [7, 11) is 3.93. The number of carbonyl (C=O) groups excluding carboxylic acids is 1. The van der Waals surface area contributed by atoms with Crippen LogP contribution in [-0.4, -0.2) is 47.8 Å². The summed E-state index contributed by atoms with van der Waals surface area (Å²) in [4.78, 5) is 14.4. The van der Waals surface area contributed by atoms with Crippen molar-refractivity contribution < 1.29 is 4.79 Å². The summed E-state index contributed by atoms with van der Waals surface area (Å²) in [6, 6.07) is 5.27. The summed E-state index contributed by atoms with van der Waals surface area (Å²) in [5.74, 6) is -0.117. The number of aryl methyl sites for hydroxylation is 1. The summed E-state index contributed by atoms with van der Waals surface area (Å²) in [6.07, 6.45) is 0. The van der Waals surface area contributed by atoms with E-state index >= 15 is 0 Å². The van der Waals surface area contributed by atoms with Crippen LogP contribution in [0.3, 0.4) is 0 Å². The maximum absolute atomic E-state index is 12.4. The van der Waals surface area contributed by atoms with Crippen LogP contribution in [0.2, 0.25) is 10.0 Å². The van der Waals surface area contributed by atoms with Gasteiger partial charge in [-0.25, -0.2) is 4.68 Å². The van der Waals surface area contributed by atoms with Gasteiger partial charge in [-0.2, -0.15) is 5.10 Å². The number of hydrogen-bond donors (Lipinski definition) is 1. The third-order valence-corrected chi connectivity index (χ3v) is 4.25. The molecule has 124 valence electrons. The Bertz CT molecular complexity index is 725. The van der Waals surface area contributed by atoms with E-state index in [9.17, 15) is 4.79 Å². The number of nitrogens with one attached hydrogen (secondary N) is 1. The van der Waals surface area contributed by atoms with Crippen molar-refractivity contribution in [1.82, 2.24) is 20.0 Å². The molecule has 0 aliphatic rings. The Morgan fingerprint density at radius 1 is 1.26 bits per heavy atom. The van der Waals surface area contributed by atoms with Crippen LogP contribution in [0.4, 0.5) is 0 Å². The minimum Gasteiger partial charge on any atom is -0.351 e. The molecule has 2 aromatic rings. The standard InChI is InChI=1S/C16H20Cl2N4O/c1-10-15(16(23)19-7-8-21(3)4)11(2)22(20-10)12-5-6-13(17)14(18)9-12/h5-6,9H,7-8H2,1-4H3,(H,19,23). The summed E-state index contributed by atoms with van der Waals surface area (Å²) in [5.41, 5.74) is 2.81. The van der Waals surface area contributed by atoms with Gasteiger partial charge < -0.3 is 10.2 Å². The van der Waals surface area contributed by atoms with Gasteiger partial charge in [0.05, 0.1) is 32.7 Å². The first-order valence-corrected chi connectivity index (χ1v) is 8.01. The molecular weight excluding hydrogens is 335 g/mol. The van der Waals surface area contributed by atoms with Crippen molar-refractivity contribution in [1.29, 1.82) is 0 Å². The van der Waals surface area contributed by atoms with E-state index in [-0.39, 0.29) is 5.91 Å². The lowest BCUT2D eigenvalue weighted by Gasteiger charge is -2.11. The lowest BCUT2D eigenvalue weighted by atomic mass is 10.2. The fourth-order valence-corrected chi connectivity index (χ4v) is 2.61. The second-order valence-electron chi connectivity index (χ2n) is 5.62. The molecule has 1 heterocycles. The van der Waals surface area contributed by atoms with Gasteiger partial charge in [0.25, 0.3) is 5.91 Å². The zero-order valence-electron chi connectivity index (χ0n) is 13.7. The Morgan fingerprint density at radius 3 is 2.57 bits per heavy atom. The molecule has 7 heteroatoms. The van der Waals surface area contributed by atoms with Crippen LogP contribution in [0.25, 0.3) is 5.69 Å². The van der Waals surface area contributed by atoms with Gasteiger partial charge in [-0.15, -0.1) is 0 Å². The monoisotopic (exact) mass is 354 g/mol. The zero-order valence-corrected chi connectivity index (χ0v) is 15.2. The molecule has 0 unspecified atom stereocenters. The molecule has 5 nitrogen and oxygen atoms in total. The Balaban J connectivity index is 2.28. The van der Waals surface area contributed by atoms with Crippen molar-refractivity contribution in [2.24, 2.45) is 0 Å². The average molecular weight is 355 g/mol. The molecule has 0 saturated heterocycles. The van der Waals surface area contributed by atoms with Crippen LogP contribution in [0, 0.1) is 13.8 Å². The van der Waals surface area contributed by atoms with Gasteiger partial charge in [-0.1, -0.05) is 23.2 Å². The lowest BCUT2D eigenvalue weighted by Crippen LogP contribution is -2.31. The van der Waals surface area contributed by atoms with Gasteiger partial charge in [-0.3, -0.25) is 4.79 Å². The Hall–Kier alpha value is -1.56. The number of halogens is 2. The number of benzene rings is 1. The highest BCUT2D eigenvalue weighted by atomic mass is 35.5. The Morgan fingerprint density at radius 2 is 1.96 bits per heavy atom. The van der Waals surface area contributed by atoms with E-state index in [0.717, 1.165) is 17.9 Å². The summed E-state index contributed by atoms with van der Waals surface area (Å²) >= 11 is 12.0. The van der Waals surface area contributed by atoms with E-state index in [0.29, 0.717) is 27.8 Å². The maximum atomic E-state index is 12.4.